The lowest BCUT2D eigenvalue weighted by atomic mass is 10.3. The largest absolute Gasteiger partial charge is 0.458 e. The summed E-state index contributed by atoms with van der Waals surface area (Å²) in [6, 6.07) is 0. The minimum atomic E-state index is -0.421. The van der Waals surface area contributed by atoms with Crippen molar-refractivity contribution < 1.29 is 13.9 Å². The summed E-state index contributed by atoms with van der Waals surface area (Å²) in [5.41, 5.74) is 0.905. The number of carbonyl (C=O) groups is 1. The van der Waals surface area contributed by atoms with Crippen LogP contribution < -0.4 is 0 Å². The summed E-state index contributed by atoms with van der Waals surface area (Å²) in [5.74, 6) is 0.0919. The Balaban J connectivity index is 2.25. The molecule has 7 heteroatoms. The van der Waals surface area contributed by atoms with E-state index in [-0.39, 0.29) is 6.10 Å². The summed E-state index contributed by atoms with van der Waals surface area (Å²) in [6.07, 6.45) is 2.08. The van der Waals surface area contributed by atoms with E-state index in [2.05, 4.69) is 14.6 Å². The predicted molar refractivity (Wildman–Crippen MR) is 65.3 cm³/mol. The molecule has 2 aromatic heterocycles. The van der Waals surface area contributed by atoms with Crippen LogP contribution in [0.4, 0.5) is 0 Å². The van der Waals surface area contributed by atoms with Gasteiger partial charge in [-0.3, -0.25) is 0 Å². The van der Waals surface area contributed by atoms with Crippen LogP contribution >= 0.6 is 11.5 Å². The van der Waals surface area contributed by atoms with Gasteiger partial charge in [0.25, 0.3) is 0 Å². The lowest BCUT2D eigenvalue weighted by Gasteiger charge is -2.09. The van der Waals surface area contributed by atoms with Gasteiger partial charge in [-0.1, -0.05) is 11.4 Å². The molecule has 0 aliphatic rings. The second kappa shape index (κ2) is 5.26. The molecule has 0 aliphatic carbocycles. The molecular formula is C11H13N3O3S. The van der Waals surface area contributed by atoms with Crippen LogP contribution in [0.1, 0.15) is 35.8 Å². The first-order chi connectivity index (χ1) is 8.61. The second-order valence-corrected chi connectivity index (χ2v) is 4.58. The highest BCUT2D eigenvalue weighted by molar-refractivity contribution is 7.08. The van der Waals surface area contributed by atoms with Gasteiger partial charge in [-0.15, -0.1) is 5.10 Å². The third-order valence-corrected chi connectivity index (χ3v) is 3.12. The van der Waals surface area contributed by atoms with E-state index in [1.54, 1.807) is 6.92 Å². The smallest absolute Gasteiger partial charge is 0.352 e. The summed E-state index contributed by atoms with van der Waals surface area (Å²) in [6.45, 7) is 5.51. The Kier molecular flexibility index (Phi) is 3.71. The number of nitrogens with zero attached hydrogens (tertiary/aromatic N) is 3. The minimum Gasteiger partial charge on any atom is -0.458 e. The molecule has 1 unspecified atom stereocenters. The predicted octanol–water partition coefficient (Wildman–Crippen LogP) is 2.46. The van der Waals surface area contributed by atoms with E-state index in [9.17, 15) is 4.79 Å². The summed E-state index contributed by atoms with van der Waals surface area (Å²) < 4.78 is 14.1. The molecule has 0 radical (unpaired) electrons. The van der Waals surface area contributed by atoms with Gasteiger partial charge in [0.05, 0.1) is 6.10 Å². The Morgan fingerprint density at radius 2 is 2.39 bits per heavy atom. The van der Waals surface area contributed by atoms with Crippen molar-refractivity contribution >= 4 is 17.5 Å². The normalized spacial score (nSPS) is 12.4. The number of ether oxygens (including phenoxy) is 1. The molecule has 0 aliphatic heterocycles. The fourth-order valence-corrected chi connectivity index (χ4v) is 1.84. The van der Waals surface area contributed by atoms with Crippen LogP contribution in [0.3, 0.4) is 0 Å². The SMILES string of the molecule is CCC(C)OC(=O)c1snnc1-c1coc(C)n1. The quantitative estimate of drug-likeness (QED) is 0.792. The number of oxazole rings is 1. The van der Waals surface area contributed by atoms with Crippen LogP contribution in [0.25, 0.3) is 11.4 Å². The van der Waals surface area contributed by atoms with Gasteiger partial charge in [-0.2, -0.15) is 0 Å². The zero-order valence-electron chi connectivity index (χ0n) is 10.3. The molecule has 2 rings (SSSR count). The van der Waals surface area contributed by atoms with E-state index >= 15 is 0 Å². The van der Waals surface area contributed by atoms with Gasteiger partial charge in [0, 0.05) is 6.92 Å². The fraction of sp³-hybridized carbons (Fsp3) is 0.455. The average Bonchev–Trinajstić information content (AvgIpc) is 2.96. The minimum absolute atomic E-state index is 0.133. The van der Waals surface area contributed by atoms with E-state index in [0.29, 0.717) is 22.2 Å². The van der Waals surface area contributed by atoms with Crippen molar-refractivity contribution in [3.8, 4) is 11.4 Å². The monoisotopic (exact) mass is 267 g/mol. The Labute approximate surface area is 108 Å². The van der Waals surface area contributed by atoms with Crippen LogP contribution in [-0.2, 0) is 4.74 Å². The molecule has 2 aromatic rings. The maximum absolute atomic E-state index is 11.9. The van der Waals surface area contributed by atoms with Gasteiger partial charge in [-0.25, -0.2) is 9.78 Å². The van der Waals surface area contributed by atoms with Crippen LogP contribution in [-0.4, -0.2) is 26.6 Å². The first-order valence-corrected chi connectivity index (χ1v) is 6.35. The van der Waals surface area contributed by atoms with Crippen LogP contribution in [0.15, 0.2) is 10.7 Å². The first-order valence-electron chi connectivity index (χ1n) is 5.57. The molecular weight excluding hydrogens is 254 g/mol. The lowest BCUT2D eigenvalue weighted by Crippen LogP contribution is -2.13. The van der Waals surface area contributed by atoms with Crippen molar-refractivity contribution in [3.63, 3.8) is 0 Å². The molecule has 0 saturated carbocycles. The van der Waals surface area contributed by atoms with Gasteiger partial charge < -0.3 is 9.15 Å². The lowest BCUT2D eigenvalue weighted by molar-refractivity contribution is 0.0341. The topological polar surface area (TPSA) is 78.1 Å². The van der Waals surface area contributed by atoms with Gasteiger partial charge in [0.15, 0.2) is 10.8 Å². The van der Waals surface area contributed by atoms with E-state index in [1.807, 2.05) is 13.8 Å². The number of hydrogen-bond donors (Lipinski definition) is 0. The summed E-state index contributed by atoms with van der Waals surface area (Å²) in [7, 11) is 0. The Bertz CT molecular complexity index is 549. The highest BCUT2D eigenvalue weighted by atomic mass is 32.1. The third kappa shape index (κ3) is 2.56. The van der Waals surface area contributed by atoms with Crippen molar-refractivity contribution in [2.45, 2.75) is 33.3 Å². The first kappa shape index (κ1) is 12.7. The second-order valence-electron chi connectivity index (χ2n) is 3.83. The zero-order chi connectivity index (χ0) is 13.1. The molecule has 0 spiro atoms. The van der Waals surface area contributed by atoms with Crippen LogP contribution in [0.2, 0.25) is 0 Å². The van der Waals surface area contributed by atoms with Gasteiger partial charge >= 0.3 is 5.97 Å². The summed E-state index contributed by atoms with van der Waals surface area (Å²) in [5, 5.41) is 3.90. The third-order valence-electron chi connectivity index (χ3n) is 2.42. The van der Waals surface area contributed by atoms with Gasteiger partial charge in [0.1, 0.15) is 17.7 Å². The van der Waals surface area contributed by atoms with Crippen LogP contribution in [0, 0.1) is 6.92 Å². The van der Waals surface area contributed by atoms with E-state index < -0.39 is 5.97 Å². The van der Waals surface area contributed by atoms with Gasteiger partial charge in [0.2, 0.25) is 0 Å². The molecule has 2 heterocycles. The standard InChI is InChI=1S/C11H13N3O3S/c1-4-6(2)17-11(15)10-9(13-14-18-10)8-5-16-7(3)12-8/h5-6H,4H2,1-3H3. The van der Waals surface area contributed by atoms with E-state index in [0.717, 1.165) is 18.0 Å². The van der Waals surface area contributed by atoms with Crippen LogP contribution in [0.5, 0.6) is 0 Å². The zero-order valence-corrected chi connectivity index (χ0v) is 11.2. The summed E-state index contributed by atoms with van der Waals surface area (Å²) >= 11 is 0.997. The Morgan fingerprint density at radius 3 is 3.00 bits per heavy atom. The van der Waals surface area contributed by atoms with Crippen molar-refractivity contribution in [3.05, 3.63) is 17.0 Å². The average molecular weight is 267 g/mol. The van der Waals surface area contributed by atoms with Crippen molar-refractivity contribution in [2.75, 3.05) is 0 Å². The maximum Gasteiger partial charge on any atom is 0.352 e. The molecule has 0 N–H and O–H groups in total. The number of rotatable bonds is 4. The number of aryl methyl sites for hydroxylation is 1. The molecule has 0 saturated heterocycles. The molecule has 0 bridgehead atoms. The molecule has 6 nitrogen and oxygen atoms in total. The fourth-order valence-electron chi connectivity index (χ4n) is 1.28. The van der Waals surface area contributed by atoms with E-state index in [4.69, 9.17) is 9.15 Å². The highest BCUT2D eigenvalue weighted by Crippen LogP contribution is 2.24. The summed E-state index contributed by atoms with van der Waals surface area (Å²) in [4.78, 5) is 16.4. The highest BCUT2D eigenvalue weighted by Gasteiger charge is 2.22. The molecule has 96 valence electrons. The van der Waals surface area contributed by atoms with E-state index in [1.165, 1.54) is 6.26 Å². The van der Waals surface area contributed by atoms with Gasteiger partial charge in [-0.05, 0) is 24.9 Å². The van der Waals surface area contributed by atoms with Crippen molar-refractivity contribution in [1.82, 2.24) is 14.6 Å². The number of carbonyl (C=O) groups excluding carboxylic acids is 1. The molecule has 0 aromatic carbocycles. The molecule has 1 atom stereocenters. The number of hydrogen-bond acceptors (Lipinski definition) is 7. The maximum atomic E-state index is 11.9. The van der Waals surface area contributed by atoms with Crippen molar-refractivity contribution in [2.24, 2.45) is 0 Å². The molecule has 18 heavy (non-hydrogen) atoms. The number of aromatic nitrogens is 3. The number of esters is 1. The Morgan fingerprint density at radius 1 is 1.61 bits per heavy atom. The van der Waals surface area contributed by atoms with Crippen molar-refractivity contribution in [1.29, 1.82) is 0 Å². The molecule has 0 amide bonds. The molecule has 0 fully saturated rings. The Hall–Kier alpha value is -1.76.